The zero-order valence-corrected chi connectivity index (χ0v) is 11.7. The molecule has 0 aliphatic rings. The third-order valence-electron chi connectivity index (χ3n) is 2.99. The Balaban J connectivity index is 2.55. The second-order valence-electron chi connectivity index (χ2n) is 4.70. The van der Waals surface area contributed by atoms with Crippen LogP contribution in [0.5, 0.6) is 11.5 Å². The van der Waals surface area contributed by atoms with Crippen LogP contribution in [-0.2, 0) is 0 Å². The summed E-state index contributed by atoms with van der Waals surface area (Å²) < 4.78 is 5.69. The second kappa shape index (κ2) is 5.62. The number of rotatable bonds is 4. The summed E-state index contributed by atoms with van der Waals surface area (Å²) in [5, 5.41) is 18.7. The average Bonchev–Trinajstić information content (AvgIpc) is 2.41. The van der Waals surface area contributed by atoms with Gasteiger partial charge in [0.15, 0.2) is 0 Å². The number of nitro benzene ring substituents is 1. The topological polar surface area (TPSA) is 102 Å². The van der Waals surface area contributed by atoms with Crippen LogP contribution in [0, 0.1) is 29.4 Å². The van der Waals surface area contributed by atoms with E-state index in [2.05, 4.69) is 0 Å². The van der Waals surface area contributed by atoms with Crippen molar-refractivity contribution >= 4 is 11.5 Å². The van der Waals surface area contributed by atoms with Gasteiger partial charge in [0.1, 0.15) is 11.6 Å². The van der Waals surface area contributed by atoms with E-state index in [0.29, 0.717) is 16.9 Å². The minimum Gasteiger partial charge on any atom is -0.449 e. The number of nitrogen functional groups attached to an aromatic ring is 1. The van der Waals surface area contributed by atoms with Gasteiger partial charge in [-0.25, -0.2) is 0 Å². The van der Waals surface area contributed by atoms with Crippen molar-refractivity contribution in [1.29, 1.82) is 5.41 Å². The van der Waals surface area contributed by atoms with Crippen molar-refractivity contribution in [1.82, 2.24) is 0 Å². The van der Waals surface area contributed by atoms with Gasteiger partial charge in [0.25, 0.3) is 0 Å². The van der Waals surface area contributed by atoms with E-state index in [0.717, 1.165) is 5.56 Å². The fourth-order valence-corrected chi connectivity index (χ4v) is 2.09. The molecule has 2 aromatic rings. The minimum absolute atomic E-state index is 0.106. The number of nitrogens with zero attached hydrogens (tertiary/aromatic N) is 1. The highest BCUT2D eigenvalue weighted by atomic mass is 16.6. The highest BCUT2D eigenvalue weighted by Gasteiger charge is 2.20. The van der Waals surface area contributed by atoms with Crippen LogP contribution in [0.4, 0.5) is 5.69 Å². The van der Waals surface area contributed by atoms with Crippen molar-refractivity contribution in [3.8, 4) is 11.5 Å². The number of benzene rings is 2. The normalized spacial score (nSPS) is 10.2. The Bertz CT molecular complexity index is 726. The van der Waals surface area contributed by atoms with Gasteiger partial charge in [0.2, 0.25) is 5.75 Å². The predicted molar refractivity (Wildman–Crippen MR) is 80.1 cm³/mol. The molecule has 0 aromatic heterocycles. The lowest BCUT2D eigenvalue weighted by Crippen LogP contribution is -2.12. The quantitative estimate of drug-likeness (QED) is 0.389. The summed E-state index contributed by atoms with van der Waals surface area (Å²) in [5.41, 5.74) is 7.22. The zero-order valence-electron chi connectivity index (χ0n) is 11.7. The Hall–Kier alpha value is -2.89. The lowest BCUT2D eigenvalue weighted by Gasteiger charge is -2.12. The van der Waals surface area contributed by atoms with Gasteiger partial charge in [-0.1, -0.05) is 18.2 Å². The maximum absolute atomic E-state index is 11.2. The number of amidine groups is 1. The Labute approximate surface area is 121 Å². The molecule has 0 amide bonds. The molecule has 2 aromatic carbocycles. The smallest absolute Gasteiger partial charge is 0.312 e. The largest absolute Gasteiger partial charge is 0.449 e. The summed E-state index contributed by atoms with van der Waals surface area (Å²) in [5.74, 6) is 0.331. The molecular weight excluding hydrogens is 270 g/mol. The van der Waals surface area contributed by atoms with E-state index < -0.39 is 4.92 Å². The molecule has 6 heteroatoms. The van der Waals surface area contributed by atoms with Crippen molar-refractivity contribution in [3.63, 3.8) is 0 Å². The molecule has 108 valence electrons. The summed E-state index contributed by atoms with van der Waals surface area (Å²) in [7, 11) is 0. The van der Waals surface area contributed by atoms with Crippen LogP contribution in [-0.4, -0.2) is 10.8 Å². The van der Waals surface area contributed by atoms with Crippen LogP contribution < -0.4 is 10.5 Å². The first kappa shape index (κ1) is 14.5. The van der Waals surface area contributed by atoms with Gasteiger partial charge < -0.3 is 10.5 Å². The van der Waals surface area contributed by atoms with E-state index in [9.17, 15) is 10.1 Å². The van der Waals surface area contributed by atoms with Gasteiger partial charge in [0.05, 0.1) is 10.5 Å². The maximum atomic E-state index is 11.2. The first-order valence-corrected chi connectivity index (χ1v) is 6.27. The first-order chi connectivity index (χ1) is 9.90. The standard InChI is InChI=1S/C15H15N3O3/c1-9-7-10(2)14(12(8-9)18(19)20)21-13-6-4-3-5-11(13)15(16)17/h3-8H,1-2H3,(H3,16,17). The van der Waals surface area contributed by atoms with E-state index in [-0.39, 0.29) is 17.3 Å². The number of ether oxygens (including phenoxy) is 1. The predicted octanol–water partition coefficient (Wildman–Crippen LogP) is 3.29. The number of hydrogen-bond acceptors (Lipinski definition) is 4. The average molecular weight is 285 g/mol. The van der Waals surface area contributed by atoms with Gasteiger partial charge >= 0.3 is 5.69 Å². The van der Waals surface area contributed by atoms with Gasteiger partial charge in [0, 0.05) is 6.07 Å². The Kier molecular flexibility index (Phi) is 3.89. The van der Waals surface area contributed by atoms with Crippen LogP contribution in [0.15, 0.2) is 36.4 Å². The Morgan fingerprint density at radius 1 is 1.29 bits per heavy atom. The summed E-state index contributed by atoms with van der Waals surface area (Å²) in [4.78, 5) is 10.7. The lowest BCUT2D eigenvalue weighted by molar-refractivity contribution is -0.385. The maximum Gasteiger partial charge on any atom is 0.312 e. The Morgan fingerprint density at radius 2 is 1.95 bits per heavy atom. The van der Waals surface area contributed by atoms with E-state index in [1.165, 1.54) is 6.07 Å². The number of nitro groups is 1. The molecule has 0 saturated heterocycles. The van der Waals surface area contributed by atoms with E-state index in [1.54, 1.807) is 44.2 Å². The summed E-state index contributed by atoms with van der Waals surface area (Å²) in [6.07, 6.45) is 0. The van der Waals surface area contributed by atoms with Gasteiger partial charge in [-0.2, -0.15) is 0 Å². The van der Waals surface area contributed by atoms with Crippen molar-refractivity contribution in [2.45, 2.75) is 13.8 Å². The van der Waals surface area contributed by atoms with Crippen LogP contribution in [0.25, 0.3) is 0 Å². The van der Waals surface area contributed by atoms with Crippen LogP contribution >= 0.6 is 0 Å². The van der Waals surface area contributed by atoms with E-state index in [1.807, 2.05) is 0 Å². The highest BCUT2D eigenvalue weighted by molar-refractivity contribution is 5.97. The number of aryl methyl sites for hydroxylation is 2. The zero-order chi connectivity index (χ0) is 15.6. The van der Waals surface area contributed by atoms with E-state index >= 15 is 0 Å². The number of para-hydroxylation sites is 1. The van der Waals surface area contributed by atoms with Gasteiger partial charge in [-0.3, -0.25) is 15.5 Å². The molecule has 0 unspecified atom stereocenters. The molecule has 2 rings (SSSR count). The van der Waals surface area contributed by atoms with Crippen molar-refractivity contribution in [2.75, 3.05) is 0 Å². The molecule has 0 spiro atoms. The fourth-order valence-electron chi connectivity index (χ4n) is 2.09. The molecule has 0 aliphatic carbocycles. The molecule has 0 radical (unpaired) electrons. The first-order valence-electron chi connectivity index (χ1n) is 6.27. The molecule has 0 atom stereocenters. The molecule has 0 saturated carbocycles. The van der Waals surface area contributed by atoms with Gasteiger partial charge in [-0.05, 0) is 37.1 Å². The van der Waals surface area contributed by atoms with Crippen LogP contribution in [0.2, 0.25) is 0 Å². The minimum atomic E-state index is -0.480. The lowest BCUT2D eigenvalue weighted by atomic mass is 10.1. The molecule has 0 bridgehead atoms. The van der Waals surface area contributed by atoms with Crippen molar-refractivity contribution < 1.29 is 9.66 Å². The summed E-state index contributed by atoms with van der Waals surface area (Å²) >= 11 is 0. The fraction of sp³-hybridized carbons (Fsp3) is 0.133. The van der Waals surface area contributed by atoms with Crippen LogP contribution in [0.1, 0.15) is 16.7 Å². The molecule has 0 fully saturated rings. The SMILES string of the molecule is Cc1cc(C)c(Oc2ccccc2C(=N)N)c([N+](=O)[O-])c1. The molecule has 3 N–H and O–H groups in total. The summed E-state index contributed by atoms with van der Waals surface area (Å²) in [6, 6.07) is 9.96. The molecule has 0 heterocycles. The van der Waals surface area contributed by atoms with E-state index in [4.69, 9.17) is 15.9 Å². The molecule has 6 nitrogen and oxygen atoms in total. The third kappa shape index (κ3) is 3.00. The molecule has 0 aliphatic heterocycles. The number of nitrogens with two attached hydrogens (primary N) is 1. The second-order valence-corrected chi connectivity index (χ2v) is 4.70. The number of nitrogens with one attached hydrogen (secondary N) is 1. The molecule has 21 heavy (non-hydrogen) atoms. The van der Waals surface area contributed by atoms with Gasteiger partial charge in [-0.15, -0.1) is 0 Å². The van der Waals surface area contributed by atoms with Crippen molar-refractivity contribution in [2.24, 2.45) is 5.73 Å². The third-order valence-corrected chi connectivity index (χ3v) is 2.99. The van der Waals surface area contributed by atoms with Crippen LogP contribution in [0.3, 0.4) is 0 Å². The highest BCUT2D eigenvalue weighted by Crippen LogP contribution is 2.36. The molecular formula is C15H15N3O3. The Morgan fingerprint density at radius 3 is 2.57 bits per heavy atom. The summed E-state index contributed by atoms with van der Waals surface area (Å²) in [6.45, 7) is 3.53. The monoisotopic (exact) mass is 285 g/mol. The van der Waals surface area contributed by atoms with Crippen molar-refractivity contribution in [3.05, 3.63) is 63.2 Å². The number of hydrogen-bond donors (Lipinski definition) is 2.